The van der Waals surface area contributed by atoms with Gasteiger partial charge in [-0.2, -0.15) is 5.10 Å². The van der Waals surface area contributed by atoms with Gasteiger partial charge in [0.2, 0.25) is 0 Å². The Hall–Kier alpha value is -2.27. The molecule has 0 bridgehead atoms. The van der Waals surface area contributed by atoms with Crippen molar-refractivity contribution in [1.29, 1.82) is 0 Å². The Morgan fingerprint density at radius 3 is 2.95 bits per heavy atom. The lowest BCUT2D eigenvalue weighted by Crippen LogP contribution is -2.02. The van der Waals surface area contributed by atoms with Crippen molar-refractivity contribution >= 4 is 5.52 Å². The molecule has 1 atom stereocenters. The zero-order valence-electron chi connectivity index (χ0n) is 10.3. The molecule has 0 saturated heterocycles. The number of aromatic nitrogens is 3. The van der Waals surface area contributed by atoms with Crippen molar-refractivity contribution in [2.75, 3.05) is 0 Å². The minimum atomic E-state index is -0.919. The number of halogens is 1. The van der Waals surface area contributed by atoms with Crippen molar-refractivity contribution in [2.45, 2.75) is 13.0 Å². The van der Waals surface area contributed by atoms with Crippen LogP contribution in [0.4, 0.5) is 4.39 Å². The lowest BCUT2D eigenvalue weighted by molar-refractivity contribution is 0.220. The molecule has 0 aliphatic carbocycles. The molecule has 19 heavy (non-hydrogen) atoms. The molecule has 0 aliphatic rings. The highest BCUT2D eigenvalue weighted by atomic mass is 19.1. The van der Waals surface area contributed by atoms with Crippen LogP contribution in [0.1, 0.15) is 22.8 Å². The number of aryl methyl sites for hydroxylation is 1. The van der Waals surface area contributed by atoms with Crippen molar-refractivity contribution in [2.24, 2.45) is 0 Å². The van der Waals surface area contributed by atoms with Crippen LogP contribution < -0.4 is 0 Å². The van der Waals surface area contributed by atoms with Crippen molar-refractivity contribution in [3.8, 4) is 0 Å². The Morgan fingerprint density at radius 2 is 2.11 bits per heavy atom. The van der Waals surface area contributed by atoms with Gasteiger partial charge in [-0.25, -0.2) is 8.91 Å². The number of nitrogens with zero attached hydrogens (tertiary/aromatic N) is 3. The summed E-state index contributed by atoms with van der Waals surface area (Å²) in [6.45, 7) is 1.84. The van der Waals surface area contributed by atoms with Crippen LogP contribution in [0.5, 0.6) is 0 Å². The summed E-state index contributed by atoms with van der Waals surface area (Å²) in [6, 6.07) is 4.38. The smallest absolute Gasteiger partial charge is 0.123 e. The predicted molar refractivity (Wildman–Crippen MR) is 68.2 cm³/mol. The molecule has 2 heterocycles. The maximum atomic E-state index is 13.3. The molecule has 0 amide bonds. The minimum Gasteiger partial charge on any atom is -0.384 e. The molecule has 0 radical (unpaired) electrons. The van der Waals surface area contributed by atoms with Crippen LogP contribution in [0.2, 0.25) is 0 Å². The number of benzene rings is 1. The van der Waals surface area contributed by atoms with Crippen molar-refractivity contribution in [3.63, 3.8) is 0 Å². The van der Waals surface area contributed by atoms with E-state index < -0.39 is 6.10 Å². The third-order valence-corrected chi connectivity index (χ3v) is 3.19. The van der Waals surface area contributed by atoms with Gasteiger partial charge in [-0.15, -0.1) is 0 Å². The highest BCUT2D eigenvalue weighted by molar-refractivity contribution is 5.55. The van der Waals surface area contributed by atoms with Crippen LogP contribution >= 0.6 is 0 Å². The third kappa shape index (κ3) is 1.98. The average molecular weight is 257 g/mol. The topological polar surface area (TPSA) is 50.4 Å². The van der Waals surface area contributed by atoms with Crippen molar-refractivity contribution in [3.05, 3.63) is 65.5 Å². The monoisotopic (exact) mass is 257 g/mol. The second-order valence-corrected chi connectivity index (χ2v) is 4.41. The number of aliphatic hydroxyl groups is 1. The molecule has 3 rings (SSSR count). The van der Waals surface area contributed by atoms with E-state index in [0.29, 0.717) is 16.6 Å². The Morgan fingerprint density at radius 1 is 1.26 bits per heavy atom. The first-order valence-electron chi connectivity index (χ1n) is 5.88. The molecular formula is C14H12FN3O. The van der Waals surface area contributed by atoms with Crippen LogP contribution in [-0.4, -0.2) is 19.7 Å². The van der Waals surface area contributed by atoms with E-state index in [-0.39, 0.29) is 5.82 Å². The molecular weight excluding hydrogens is 245 g/mol. The second-order valence-electron chi connectivity index (χ2n) is 4.41. The molecule has 1 N–H and O–H groups in total. The molecule has 2 aromatic heterocycles. The Bertz CT molecular complexity index is 738. The molecule has 1 unspecified atom stereocenters. The Labute approximate surface area is 109 Å². The van der Waals surface area contributed by atoms with Gasteiger partial charge in [0.25, 0.3) is 0 Å². The summed E-state index contributed by atoms with van der Waals surface area (Å²) in [5.41, 5.74) is 2.69. The fourth-order valence-corrected chi connectivity index (χ4v) is 2.14. The van der Waals surface area contributed by atoms with Gasteiger partial charge in [0, 0.05) is 18.0 Å². The molecule has 0 fully saturated rings. The lowest BCUT2D eigenvalue weighted by atomic mass is 9.98. The minimum absolute atomic E-state index is 0.366. The summed E-state index contributed by atoms with van der Waals surface area (Å²) in [7, 11) is 0. The summed E-state index contributed by atoms with van der Waals surface area (Å²) < 4.78 is 14.9. The first-order chi connectivity index (χ1) is 9.16. The lowest BCUT2D eigenvalue weighted by Gasteiger charge is -2.12. The zero-order chi connectivity index (χ0) is 13.4. The SMILES string of the molecule is Cc1ccc(F)cc1C(O)c1cnn2ccncc12. The highest BCUT2D eigenvalue weighted by Gasteiger charge is 2.18. The molecule has 5 heteroatoms. The van der Waals surface area contributed by atoms with Crippen LogP contribution in [0.15, 0.2) is 43.0 Å². The van der Waals surface area contributed by atoms with Crippen LogP contribution in [0.3, 0.4) is 0 Å². The largest absolute Gasteiger partial charge is 0.384 e. The van der Waals surface area contributed by atoms with E-state index in [1.807, 2.05) is 6.92 Å². The fraction of sp³-hybridized carbons (Fsp3) is 0.143. The number of fused-ring (bicyclic) bond motifs is 1. The first-order valence-corrected chi connectivity index (χ1v) is 5.88. The van der Waals surface area contributed by atoms with Crippen LogP contribution in [0, 0.1) is 12.7 Å². The number of hydrogen-bond acceptors (Lipinski definition) is 3. The van der Waals surface area contributed by atoms with Crippen molar-refractivity contribution in [1.82, 2.24) is 14.6 Å². The average Bonchev–Trinajstić information content (AvgIpc) is 2.84. The van der Waals surface area contributed by atoms with Gasteiger partial charge in [-0.05, 0) is 30.2 Å². The van der Waals surface area contributed by atoms with Crippen LogP contribution in [0.25, 0.3) is 5.52 Å². The van der Waals surface area contributed by atoms with Gasteiger partial charge in [0.05, 0.1) is 17.9 Å². The molecule has 4 nitrogen and oxygen atoms in total. The normalized spacial score (nSPS) is 12.8. The third-order valence-electron chi connectivity index (χ3n) is 3.19. The number of rotatable bonds is 2. The molecule has 0 aliphatic heterocycles. The Kier molecular flexibility index (Phi) is 2.76. The van der Waals surface area contributed by atoms with E-state index in [2.05, 4.69) is 10.1 Å². The summed E-state index contributed by atoms with van der Waals surface area (Å²) in [6.07, 6.45) is 5.59. The predicted octanol–water partition coefficient (Wildman–Crippen LogP) is 2.26. The molecule has 96 valence electrons. The summed E-state index contributed by atoms with van der Waals surface area (Å²) >= 11 is 0. The first kappa shape index (κ1) is 11.8. The Balaban J connectivity index is 2.13. The number of aliphatic hydroxyl groups excluding tert-OH is 1. The quantitative estimate of drug-likeness (QED) is 0.766. The van der Waals surface area contributed by atoms with E-state index in [9.17, 15) is 9.50 Å². The van der Waals surface area contributed by atoms with Gasteiger partial charge in [0.1, 0.15) is 11.9 Å². The van der Waals surface area contributed by atoms with Gasteiger partial charge < -0.3 is 5.11 Å². The van der Waals surface area contributed by atoms with E-state index >= 15 is 0 Å². The van der Waals surface area contributed by atoms with E-state index in [1.165, 1.54) is 12.1 Å². The maximum Gasteiger partial charge on any atom is 0.123 e. The van der Waals surface area contributed by atoms with Crippen molar-refractivity contribution < 1.29 is 9.50 Å². The highest BCUT2D eigenvalue weighted by Crippen LogP contribution is 2.27. The zero-order valence-corrected chi connectivity index (χ0v) is 10.3. The van der Waals surface area contributed by atoms with E-state index in [0.717, 1.165) is 5.56 Å². The van der Waals surface area contributed by atoms with Gasteiger partial charge in [0.15, 0.2) is 0 Å². The summed E-state index contributed by atoms with van der Waals surface area (Å²) in [4.78, 5) is 4.02. The fourth-order valence-electron chi connectivity index (χ4n) is 2.14. The van der Waals surface area contributed by atoms with E-state index in [4.69, 9.17) is 0 Å². The maximum absolute atomic E-state index is 13.3. The number of hydrogen-bond donors (Lipinski definition) is 1. The summed E-state index contributed by atoms with van der Waals surface area (Å²) in [5, 5.41) is 14.6. The molecule has 3 aromatic rings. The second kappa shape index (κ2) is 4.44. The van der Waals surface area contributed by atoms with Gasteiger partial charge in [-0.3, -0.25) is 4.98 Å². The van der Waals surface area contributed by atoms with E-state index in [1.54, 1.807) is 35.4 Å². The molecule has 1 aromatic carbocycles. The molecule has 0 spiro atoms. The van der Waals surface area contributed by atoms with Crippen LogP contribution in [-0.2, 0) is 0 Å². The molecule has 0 saturated carbocycles. The standard InChI is InChI=1S/C14H12FN3O/c1-9-2-3-10(15)6-11(9)14(19)12-7-17-18-5-4-16-8-13(12)18/h2-8,14,19H,1H3. The summed E-state index contributed by atoms with van der Waals surface area (Å²) in [5.74, 6) is -0.366. The van der Waals surface area contributed by atoms with Gasteiger partial charge >= 0.3 is 0 Å². The van der Waals surface area contributed by atoms with Gasteiger partial charge in [-0.1, -0.05) is 6.07 Å².